The third-order valence-corrected chi connectivity index (χ3v) is 6.80. The maximum Gasteiger partial charge on any atom is 0.223 e. The molecule has 3 N–H and O–H groups in total. The molecule has 4 fully saturated rings. The monoisotopic (exact) mass is 293 g/mol. The molecular formula is C17H31N3O. The molecule has 0 aromatic rings. The number of hydrogen-bond donors (Lipinski definition) is 2. The van der Waals surface area contributed by atoms with Crippen molar-refractivity contribution in [3.05, 3.63) is 0 Å². The molecule has 4 aliphatic rings. The number of piperidine rings is 3. The molecule has 4 unspecified atom stereocenters. The smallest absolute Gasteiger partial charge is 0.223 e. The van der Waals surface area contributed by atoms with Crippen molar-refractivity contribution < 1.29 is 4.79 Å². The first-order chi connectivity index (χ1) is 9.89. The molecule has 0 spiro atoms. The number of hydrogen-bond acceptors (Lipinski definition) is 3. The lowest BCUT2D eigenvalue weighted by molar-refractivity contribution is -0.134. The first kappa shape index (κ1) is 15.3. The van der Waals surface area contributed by atoms with Crippen molar-refractivity contribution in [3.63, 3.8) is 0 Å². The first-order valence-electron chi connectivity index (χ1n) is 8.68. The van der Waals surface area contributed by atoms with Crippen molar-refractivity contribution in [1.29, 1.82) is 0 Å². The zero-order chi connectivity index (χ0) is 15.2. The summed E-state index contributed by atoms with van der Waals surface area (Å²) in [5.74, 6) is 1.49. The maximum atomic E-state index is 12.8. The molecule has 3 saturated heterocycles. The number of carbonyl (C=O) groups is 1. The Bertz CT molecular complexity index is 401. The van der Waals surface area contributed by atoms with E-state index in [1.165, 1.54) is 25.9 Å². The molecule has 0 aromatic heterocycles. The van der Waals surface area contributed by atoms with E-state index in [-0.39, 0.29) is 23.3 Å². The summed E-state index contributed by atoms with van der Waals surface area (Å²) in [5.41, 5.74) is 6.21. The molecule has 0 radical (unpaired) electrons. The second-order valence-corrected chi connectivity index (χ2v) is 8.16. The van der Waals surface area contributed by atoms with Gasteiger partial charge >= 0.3 is 0 Å². The topological polar surface area (TPSA) is 58.4 Å². The standard InChI is InChI=1S/C17H31N3O/c1-11-14(18)5-4-13(17(11,2)3)16(21)19-15-10-20-8-6-12(15)7-9-20/h11-15H,4-10,18H2,1-3H3,(H,19,21). The van der Waals surface area contributed by atoms with Crippen molar-refractivity contribution in [2.75, 3.05) is 19.6 Å². The van der Waals surface area contributed by atoms with Crippen LogP contribution in [0.15, 0.2) is 0 Å². The lowest BCUT2D eigenvalue weighted by atomic mass is 9.61. The number of nitrogens with two attached hydrogens (primary N) is 1. The third kappa shape index (κ3) is 2.72. The summed E-state index contributed by atoms with van der Waals surface area (Å²) >= 11 is 0. The number of rotatable bonds is 2. The molecule has 4 rings (SSSR count). The quantitative estimate of drug-likeness (QED) is 0.813. The van der Waals surface area contributed by atoms with Crippen molar-refractivity contribution >= 4 is 5.91 Å². The average molecular weight is 293 g/mol. The fourth-order valence-electron chi connectivity index (χ4n) is 4.73. The summed E-state index contributed by atoms with van der Waals surface area (Å²) in [7, 11) is 0. The second-order valence-electron chi connectivity index (χ2n) is 8.16. The normalized spacial score (nSPS) is 45.3. The Morgan fingerprint density at radius 2 is 1.86 bits per heavy atom. The molecule has 21 heavy (non-hydrogen) atoms. The van der Waals surface area contributed by atoms with E-state index in [0.29, 0.717) is 17.9 Å². The van der Waals surface area contributed by atoms with Crippen LogP contribution in [0.4, 0.5) is 0 Å². The highest BCUT2D eigenvalue weighted by Crippen LogP contribution is 2.44. The molecule has 3 heterocycles. The molecule has 2 bridgehead atoms. The molecule has 0 aromatic carbocycles. The molecular weight excluding hydrogens is 262 g/mol. The third-order valence-electron chi connectivity index (χ3n) is 6.80. The van der Waals surface area contributed by atoms with E-state index in [2.05, 4.69) is 31.0 Å². The predicted octanol–water partition coefficient (Wildman–Crippen LogP) is 1.60. The summed E-state index contributed by atoms with van der Waals surface area (Å²) in [6.45, 7) is 10.1. The van der Waals surface area contributed by atoms with Crippen molar-refractivity contribution in [2.45, 2.75) is 58.5 Å². The average Bonchev–Trinajstić information content (AvgIpc) is 2.46. The minimum atomic E-state index is -0.00425. The van der Waals surface area contributed by atoms with Gasteiger partial charge in [0.2, 0.25) is 5.91 Å². The molecule has 4 atom stereocenters. The number of nitrogens with zero attached hydrogens (tertiary/aromatic N) is 1. The van der Waals surface area contributed by atoms with E-state index in [1.807, 2.05) is 0 Å². The molecule has 3 aliphatic heterocycles. The van der Waals surface area contributed by atoms with Crippen LogP contribution < -0.4 is 11.1 Å². The van der Waals surface area contributed by atoms with Crippen LogP contribution in [0.2, 0.25) is 0 Å². The Kier molecular flexibility index (Phi) is 4.04. The van der Waals surface area contributed by atoms with Crippen LogP contribution in [0, 0.1) is 23.2 Å². The van der Waals surface area contributed by atoms with Crippen LogP contribution in [0.5, 0.6) is 0 Å². The Hall–Kier alpha value is -0.610. The molecule has 4 heteroatoms. The minimum absolute atomic E-state index is 0.00425. The van der Waals surface area contributed by atoms with Crippen molar-refractivity contribution in [3.8, 4) is 0 Å². The maximum absolute atomic E-state index is 12.8. The van der Waals surface area contributed by atoms with Crippen LogP contribution in [0.3, 0.4) is 0 Å². The second kappa shape index (κ2) is 5.54. The zero-order valence-electron chi connectivity index (χ0n) is 13.8. The van der Waals surface area contributed by atoms with Gasteiger partial charge in [0.1, 0.15) is 0 Å². The molecule has 1 saturated carbocycles. The van der Waals surface area contributed by atoms with Gasteiger partial charge in [0.05, 0.1) is 0 Å². The molecule has 120 valence electrons. The van der Waals surface area contributed by atoms with Gasteiger partial charge in [-0.2, -0.15) is 0 Å². The molecule has 4 nitrogen and oxygen atoms in total. The highest BCUT2D eigenvalue weighted by Gasteiger charge is 2.46. The Morgan fingerprint density at radius 3 is 2.43 bits per heavy atom. The van der Waals surface area contributed by atoms with Crippen molar-refractivity contribution in [2.24, 2.45) is 28.9 Å². The minimum Gasteiger partial charge on any atom is -0.352 e. The Morgan fingerprint density at radius 1 is 1.19 bits per heavy atom. The summed E-state index contributed by atoms with van der Waals surface area (Å²) < 4.78 is 0. The Balaban J connectivity index is 1.65. The van der Waals surface area contributed by atoms with Gasteiger partial charge in [0.25, 0.3) is 0 Å². The summed E-state index contributed by atoms with van der Waals surface area (Å²) in [4.78, 5) is 15.3. The van der Waals surface area contributed by atoms with Crippen LogP contribution in [-0.2, 0) is 4.79 Å². The van der Waals surface area contributed by atoms with Crippen molar-refractivity contribution in [1.82, 2.24) is 10.2 Å². The van der Waals surface area contributed by atoms with Gasteiger partial charge in [-0.05, 0) is 56.0 Å². The number of nitrogens with one attached hydrogen (secondary N) is 1. The highest BCUT2D eigenvalue weighted by molar-refractivity contribution is 5.80. The van der Waals surface area contributed by atoms with Gasteiger partial charge in [0.15, 0.2) is 0 Å². The SMILES string of the molecule is CC1C(N)CCC(C(=O)NC2CN3CCC2CC3)C1(C)C. The van der Waals surface area contributed by atoms with Gasteiger partial charge in [-0.25, -0.2) is 0 Å². The first-order valence-corrected chi connectivity index (χ1v) is 8.68. The fraction of sp³-hybridized carbons (Fsp3) is 0.941. The van der Waals surface area contributed by atoms with E-state index in [0.717, 1.165) is 19.4 Å². The summed E-state index contributed by atoms with van der Waals surface area (Å²) in [5, 5.41) is 3.39. The van der Waals surface area contributed by atoms with Crippen LogP contribution in [0.1, 0.15) is 46.5 Å². The van der Waals surface area contributed by atoms with Crippen LogP contribution >= 0.6 is 0 Å². The van der Waals surface area contributed by atoms with Gasteiger partial charge < -0.3 is 16.0 Å². The predicted molar refractivity (Wildman–Crippen MR) is 84.7 cm³/mol. The van der Waals surface area contributed by atoms with E-state index >= 15 is 0 Å². The van der Waals surface area contributed by atoms with E-state index in [4.69, 9.17) is 5.73 Å². The number of amides is 1. The number of carbonyl (C=O) groups excluding carboxylic acids is 1. The van der Waals surface area contributed by atoms with E-state index in [9.17, 15) is 4.79 Å². The van der Waals surface area contributed by atoms with Gasteiger partial charge in [0, 0.05) is 24.5 Å². The highest BCUT2D eigenvalue weighted by atomic mass is 16.2. The largest absolute Gasteiger partial charge is 0.352 e. The summed E-state index contributed by atoms with van der Waals surface area (Å²) in [6.07, 6.45) is 4.41. The lowest BCUT2D eigenvalue weighted by Gasteiger charge is -2.48. The lowest BCUT2D eigenvalue weighted by Crippen LogP contribution is -2.60. The van der Waals surface area contributed by atoms with E-state index < -0.39 is 0 Å². The zero-order valence-corrected chi connectivity index (χ0v) is 13.8. The van der Waals surface area contributed by atoms with Gasteiger partial charge in [-0.3, -0.25) is 4.79 Å². The van der Waals surface area contributed by atoms with E-state index in [1.54, 1.807) is 0 Å². The molecule has 1 amide bonds. The Labute approximate surface area is 128 Å². The van der Waals surface area contributed by atoms with Crippen LogP contribution in [0.25, 0.3) is 0 Å². The number of fused-ring (bicyclic) bond motifs is 3. The van der Waals surface area contributed by atoms with Gasteiger partial charge in [-0.15, -0.1) is 0 Å². The summed E-state index contributed by atoms with van der Waals surface area (Å²) in [6, 6.07) is 0.613. The fourth-order valence-corrected chi connectivity index (χ4v) is 4.73. The molecule has 1 aliphatic carbocycles. The van der Waals surface area contributed by atoms with Gasteiger partial charge in [-0.1, -0.05) is 20.8 Å². The van der Waals surface area contributed by atoms with Crippen LogP contribution in [-0.4, -0.2) is 42.5 Å².